The number of anilines is 3. The van der Waals surface area contributed by atoms with Crippen LogP contribution in [0.2, 0.25) is 0 Å². The highest BCUT2D eigenvalue weighted by Crippen LogP contribution is 2.32. The second-order valence-corrected chi connectivity index (χ2v) is 7.40. The number of pyridine rings is 2. The molecule has 9 nitrogen and oxygen atoms in total. The summed E-state index contributed by atoms with van der Waals surface area (Å²) in [6.07, 6.45) is 8.79. The lowest BCUT2D eigenvalue weighted by molar-refractivity contribution is 0.920. The highest BCUT2D eigenvalue weighted by atomic mass is 15.2. The summed E-state index contributed by atoms with van der Waals surface area (Å²) >= 11 is 0. The summed E-state index contributed by atoms with van der Waals surface area (Å²) < 4.78 is 0. The van der Waals surface area contributed by atoms with E-state index < -0.39 is 0 Å². The number of H-pyrrole nitrogens is 1. The van der Waals surface area contributed by atoms with Gasteiger partial charge in [-0.15, -0.1) is 0 Å². The van der Waals surface area contributed by atoms with E-state index in [1.54, 1.807) is 12.4 Å². The molecular formula is C24H23N9. The van der Waals surface area contributed by atoms with Crippen LogP contribution in [0.4, 0.5) is 17.5 Å². The number of hydrogen-bond acceptors (Lipinski definition) is 8. The van der Waals surface area contributed by atoms with E-state index in [1.165, 1.54) is 6.21 Å². The fourth-order valence-corrected chi connectivity index (χ4v) is 3.67. The number of nitrogens with zero attached hydrogens (tertiary/aromatic N) is 6. The largest absolute Gasteiger partial charge is 0.368 e. The van der Waals surface area contributed by atoms with Gasteiger partial charge in [0.05, 0.1) is 18.2 Å². The van der Waals surface area contributed by atoms with Gasteiger partial charge in [-0.3, -0.25) is 4.98 Å². The molecule has 0 radical (unpaired) electrons. The van der Waals surface area contributed by atoms with Gasteiger partial charge < -0.3 is 21.0 Å². The smallest absolute Gasteiger partial charge is 0.222 e. The van der Waals surface area contributed by atoms with Gasteiger partial charge in [0.15, 0.2) is 0 Å². The molecule has 9 heteroatoms. The average Bonchev–Trinajstić information content (AvgIpc) is 3.23. The predicted molar refractivity (Wildman–Crippen MR) is 130 cm³/mol. The first-order chi connectivity index (χ1) is 16.0. The van der Waals surface area contributed by atoms with Crippen molar-refractivity contribution in [2.45, 2.75) is 20.3 Å². The fourth-order valence-electron chi connectivity index (χ4n) is 3.67. The molecule has 0 fully saturated rings. The first-order valence-corrected chi connectivity index (χ1v) is 10.4. The summed E-state index contributed by atoms with van der Waals surface area (Å²) in [6, 6.07) is 9.84. The fraction of sp³-hybridized carbons (Fsp3) is 0.167. The van der Waals surface area contributed by atoms with Crippen molar-refractivity contribution in [2.24, 2.45) is 0 Å². The van der Waals surface area contributed by atoms with E-state index in [4.69, 9.17) is 11.1 Å². The SMILES string of the molecule is C/C=C(\C=N)c1cnc2[nH]cc(-c3cc(N(CCC#N)c4ccnc(C)c4)nc(N)n3)c2c1. The van der Waals surface area contributed by atoms with Crippen LogP contribution in [0.5, 0.6) is 0 Å². The Labute approximate surface area is 191 Å². The molecule has 4 aromatic rings. The van der Waals surface area contributed by atoms with Crippen LogP contribution in [-0.4, -0.2) is 37.7 Å². The van der Waals surface area contributed by atoms with Crippen LogP contribution in [0.25, 0.3) is 27.9 Å². The molecule has 0 aliphatic carbocycles. The van der Waals surface area contributed by atoms with Crippen LogP contribution in [0.15, 0.2) is 48.9 Å². The molecule has 0 amide bonds. The zero-order chi connectivity index (χ0) is 23.4. The summed E-state index contributed by atoms with van der Waals surface area (Å²) in [5, 5.41) is 17.7. The van der Waals surface area contributed by atoms with E-state index in [0.717, 1.165) is 33.5 Å². The first-order valence-electron chi connectivity index (χ1n) is 10.4. The lowest BCUT2D eigenvalue weighted by atomic mass is 10.1. The second kappa shape index (κ2) is 9.28. The molecule has 0 spiro atoms. The standard InChI is InChI=1S/C24H23N9/c1-3-16(12-26)17-10-19-20(14-30-23(19)29-13-17)21-11-22(32-24(27)31-21)33(8-4-6-25)18-5-7-28-15(2)9-18/h3,5,7,9-14,26H,4,8H2,1-2H3,(H,29,30)(H2,27,31,32)/b16-3+,26-12?. The molecule has 0 saturated carbocycles. The number of aryl methyl sites for hydroxylation is 1. The predicted octanol–water partition coefficient (Wildman–Crippen LogP) is 4.41. The van der Waals surface area contributed by atoms with Gasteiger partial charge in [0, 0.05) is 65.3 Å². The van der Waals surface area contributed by atoms with Crippen molar-refractivity contribution < 1.29 is 0 Å². The number of allylic oxidation sites excluding steroid dienone is 2. The minimum Gasteiger partial charge on any atom is -0.368 e. The Morgan fingerprint density at radius 3 is 2.85 bits per heavy atom. The Morgan fingerprint density at radius 2 is 2.12 bits per heavy atom. The number of aromatic amines is 1. The van der Waals surface area contributed by atoms with Crippen molar-refractivity contribution >= 4 is 40.3 Å². The quantitative estimate of drug-likeness (QED) is 0.363. The number of nitrogens with two attached hydrogens (primary N) is 1. The number of nitriles is 1. The molecule has 33 heavy (non-hydrogen) atoms. The molecule has 0 aliphatic rings. The minimum atomic E-state index is 0.127. The van der Waals surface area contributed by atoms with Gasteiger partial charge in [-0.1, -0.05) is 6.08 Å². The molecule has 4 N–H and O–H groups in total. The zero-order valence-corrected chi connectivity index (χ0v) is 18.4. The van der Waals surface area contributed by atoms with Gasteiger partial charge in [-0.05, 0) is 37.6 Å². The Bertz CT molecular complexity index is 1390. The lowest BCUT2D eigenvalue weighted by Gasteiger charge is -2.23. The average molecular weight is 438 g/mol. The van der Waals surface area contributed by atoms with Crippen molar-refractivity contribution in [1.29, 1.82) is 10.7 Å². The van der Waals surface area contributed by atoms with Gasteiger partial charge in [-0.25, -0.2) is 9.97 Å². The van der Waals surface area contributed by atoms with Crippen molar-refractivity contribution in [3.63, 3.8) is 0 Å². The van der Waals surface area contributed by atoms with E-state index in [1.807, 2.05) is 55.3 Å². The van der Waals surface area contributed by atoms with Crippen LogP contribution in [0.1, 0.15) is 24.6 Å². The van der Waals surface area contributed by atoms with E-state index in [2.05, 4.69) is 31.0 Å². The summed E-state index contributed by atoms with van der Waals surface area (Å²) in [5.41, 5.74) is 11.6. The van der Waals surface area contributed by atoms with Crippen LogP contribution in [-0.2, 0) is 0 Å². The molecule has 0 unspecified atom stereocenters. The Morgan fingerprint density at radius 1 is 1.27 bits per heavy atom. The highest BCUT2D eigenvalue weighted by Gasteiger charge is 2.17. The summed E-state index contributed by atoms with van der Waals surface area (Å²) in [7, 11) is 0. The number of nitrogens with one attached hydrogen (secondary N) is 2. The van der Waals surface area contributed by atoms with E-state index in [0.29, 0.717) is 30.1 Å². The number of rotatable bonds is 7. The third-order valence-electron chi connectivity index (χ3n) is 5.25. The van der Waals surface area contributed by atoms with Crippen LogP contribution >= 0.6 is 0 Å². The van der Waals surface area contributed by atoms with Crippen molar-refractivity contribution in [2.75, 3.05) is 17.2 Å². The molecule has 4 rings (SSSR count). The molecule has 164 valence electrons. The number of hydrogen-bond donors (Lipinski definition) is 3. The van der Waals surface area contributed by atoms with E-state index in [9.17, 15) is 5.26 Å². The van der Waals surface area contributed by atoms with E-state index >= 15 is 0 Å². The van der Waals surface area contributed by atoms with Gasteiger partial charge in [0.25, 0.3) is 0 Å². The normalized spacial score (nSPS) is 11.4. The van der Waals surface area contributed by atoms with Crippen molar-refractivity contribution in [3.8, 4) is 17.3 Å². The Balaban J connectivity index is 1.84. The topological polar surface area (TPSA) is 144 Å². The Kier molecular flexibility index (Phi) is 6.09. The van der Waals surface area contributed by atoms with Gasteiger partial charge in [0.1, 0.15) is 11.5 Å². The highest BCUT2D eigenvalue weighted by molar-refractivity contribution is 6.09. The third-order valence-corrected chi connectivity index (χ3v) is 5.25. The van der Waals surface area contributed by atoms with Crippen LogP contribution in [0.3, 0.4) is 0 Å². The maximum atomic E-state index is 9.17. The van der Waals surface area contributed by atoms with E-state index in [-0.39, 0.29) is 5.95 Å². The molecule has 0 aliphatic heterocycles. The minimum absolute atomic E-state index is 0.127. The summed E-state index contributed by atoms with van der Waals surface area (Å²) in [6.45, 7) is 4.24. The van der Waals surface area contributed by atoms with Crippen molar-refractivity contribution in [1.82, 2.24) is 24.9 Å². The van der Waals surface area contributed by atoms with Crippen LogP contribution < -0.4 is 10.6 Å². The molecule has 4 aromatic heterocycles. The van der Waals surface area contributed by atoms with Crippen molar-refractivity contribution in [3.05, 3.63) is 60.2 Å². The van der Waals surface area contributed by atoms with Gasteiger partial charge in [-0.2, -0.15) is 10.2 Å². The van der Waals surface area contributed by atoms with Gasteiger partial charge >= 0.3 is 0 Å². The van der Waals surface area contributed by atoms with Gasteiger partial charge in [0.2, 0.25) is 5.95 Å². The Hall–Kier alpha value is -4.58. The maximum absolute atomic E-state index is 9.17. The second-order valence-electron chi connectivity index (χ2n) is 7.40. The first kappa shape index (κ1) is 21.6. The number of fused-ring (bicyclic) bond motifs is 1. The summed E-state index contributed by atoms with van der Waals surface area (Å²) in [4.78, 5) is 22.8. The number of nitrogen functional groups attached to an aromatic ring is 1. The summed E-state index contributed by atoms with van der Waals surface area (Å²) in [5.74, 6) is 0.716. The molecule has 4 heterocycles. The molecule has 0 atom stereocenters. The molecule has 0 saturated heterocycles. The maximum Gasteiger partial charge on any atom is 0.222 e. The molecular weight excluding hydrogens is 414 g/mol. The molecule has 0 bridgehead atoms. The lowest BCUT2D eigenvalue weighted by Crippen LogP contribution is -2.20. The third kappa shape index (κ3) is 4.41. The number of aromatic nitrogens is 5. The zero-order valence-electron chi connectivity index (χ0n) is 18.4. The molecule has 0 aromatic carbocycles. The monoisotopic (exact) mass is 437 g/mol. The van der Waals surface area contributed by atoms with Crippen LogP contribution in [0, 0.1) is 23.7 Å².